The van der Waals surface area contributed by atoms with Gasteiger partial charge in [-0.05, 0) is 114 Å². The summed E-state index contributed by atoms with van der Waals surface area (Å²) < 4.78 is 5.29. The van der Waals surface area contributed by atoms with E-state index in [-0.39, 0.29) is 0 Å². The predicted octanol–water partition coefficient (Wildman–Crippen LogP) is 8.67. The van der Waals surface area contributed by atoms with E-state index in [0.29, 0.717) is 0 Å². The number of benzene rings is 1. The van der Waals surface area contributed by atoms with E-state index in [1.165, 1.54) is 80.3 Å². The van der Waals surface area contributed by atoms with Gasteiger partial charge >= 0.3 is 0 Å². The van der Waals surface area contributed by atoms with E-state index in [0.717, 1.165) is 0 Å². The van der Waals surface area contributed by atoms with Crippen molar-refractivity contribution in [2.45, 2.75) is 78.1 Å². The molecule has 0 N–H and O–H groups in total. The second-order valence-electron chi connectivity index (χ2n) is 5.83. The zero-order chi connectivity index (χ0) is 16.5. The van der Waals surface area contributed by atoms with Crippen molar-refractivity contribution in [3.05, 3.63) is 27.2 Å². The lowest BCUT2D eigenvalue weighted by Gasteiger charge is -2.18. The molecule has 0 aliphatic rings. The maximum Gasteiger partial charge on any atom is 0.0464 e. The molecular weight excluding hydrogens is 630 g/mol. The molecule has 1 aromatic carbocycles. The Morgan fingerprint density at radius 3 is 1.32 bits per heavy atom. The standard InChI is InChI=1S/C18H26Br2I2/c1-3-5-7-9-11-13-14(12-10-8-6-4-2)18(22)16(20)15(19)17(13)21/h3-12H2,1-2H3. The van der Waals surface area contributed by atoms with E-state index < -0.39 is 0 Å². The highest BCUT2D eigenvalue weighted by Gasteiger charge is 2.18. The summed E-state index contributed by atoms with van der Waals surface area (Å²) in [4.78, 5) is 0. The van der Waals surface area contributed by atoms with Crippen LogP contribution in [0.5, 0.6) is 0 Å². The first kappa shape index (κ1) is 21.7. The molecule has 0 heterocycles. The van der Waals surface area contributed by atoms with Crippen LogP contribution in [0, 0.1) is 7.14 Å². The zero-order valence-electron chi connectivity index (χ0n) is 13.6. The third-order valence-corrected chi connectivity index (χ3v) is 10.0. The van der Waals surface area contributed by atoms with Crippen molar-refractivity contribution < 1.29 is 0 Å². The molecule has 0 saturated carbocycles. The van der Waals surface area contributed by atoms with Crippen LogP contribution in [-0.4, -0.2) is 0 Å². The summed E-state index contributed by atoms with van der Waals surface area (Å²) in [5, 5.41) is 0. The second kappa shape index (κ2) is 12.1. The summed E-state index contributed by atoms with van der Waals surface area (Å²) in [7, 11) is 0. The van der Waals surface area contributed by atoms with Crippen LogP contribution >= 0.6 is 77.0 Å². The molecule has 22 heavy (non-hydrogen) atoms. The van der Waals surface area contributed by atoms with Crippen molar-refractivity contribution in [2.75, 3.05) is 0 Å². The van der Waals surface area contributed by atoms with Gasteiger partial charge in [0.1, 0.15) is 0 Å². The molecule has 0 aliphatic heterocycles. The quantitative estimate of drug-likeness (QED) is 0.102. The monoisotopic (exact) mass is 654 g/mol. The van der Waals surface area contributed by atoms with Gasteiger partial charge in [-0.25, -0.2) is 0 Å². The lowest BCUT2D eigenvalue weighted by molar-refractivity contribution is 0.648. The molecule has 0 aromatic heterocycles. The highest BCUT2D eigenvalue weighted by molar-refractivity contribution is 14.1. The molecule has 0 saturated heterocycles. The summed E-state index contributed by atoms with van der Waals surface area (Å²) in [5.41, 5.74) is 3.18. The van der Waals surface area contributed by atoms with Gasteiger partial charge in [-0.3, -0.25) is 0 Å². The molecule has 0 aliphatic carbocycles. The first-order valence-electron chi connectivity index (χ1n) is 8.38. The molecule has 1 rings (SSSR count). The molecule has 0 amide bonds. The van der Waals surface area contributed by atoms with E-state index in [2.05, 4.69) is 90.9 Å². The summed E-state index contributed by atoms with van der Waals surface area (Å²) in [6, 6.07) is 0. The fraction of sp³-hybridized carbons (Fsp3) is 0.667. The van der Waals surface area contributed by atoms with Gasteiger partial charge in [0.05, 0.1) is 0 Å². The number of rotatable bonds is 10. The van der Waals surface area contributed by atoms with Crippen LogP contribution in [0.4, 0.5) is 0 Å². The third kappa shape index (κ3) is 6.51. The fourth-order valence-corrected chi connectivity index (χ4v) is 6.05. The van der Waals surface area contributed by atoms with E-state index in [1.54, 1.807) is 11.1 Å². The molecular formula is C18H26Br2I2. The zero-order valence-corrected chi connectivity index (χ0v) is 21.1. The molecule has 0 unspecified atom stereocenters. The van der Waals surface area contributed by atoms with Gasteiger partial charge in [0.25, 0.3) is 0 Å². The van der Waals surface area contributed by atoms with Crippen LogP contribution in [0.15, 0.2) is 8.95 Å². The largest absolute Gasteiger partial charge is 0.0654 e. The molecule has 4 heteroatoms. The Labute approximate surface area is 180 Å². The topological polar surface area (TPSA) is 0 Å². The van der Waals surface area contributed by atoms with Crippen molar-refractivity contribution in [1.82, 2.24) is 0 Å². The Morgan fingerprint density at radius 2 is 1.00 bits per heavy atom. The van der Waals surface area contributed by atoms with Crippen LogP contribution in [0.2, 0.25) is 0 Å². The second-order valence-corrected chi connectivity index (χ2v) is 9.58. The molecule has 1 aromatic rings. The van der Waals surface area contributed by atoms with Gasteiger partial charge in [-0.2, -0.15) is 0 Å². The first-order valence-corrected chi connectivity index (χ1v) is 12.1. The lowest BCUT2D eigenvalue weighted by atomic mass is 9.97. The molecule has 0 radical (unpaired) electrons. The SMILES string of the molecule is CCCCCCc1c(I)c(Br)c(Br)c(I)c1CCCCCC. The van der Waals surface area contributed by atoms with Crippen LogP contribution in [0.3, 0.4) is 0 Å². The predicted molar refractivity (Wildman–Crippen MR) is 123 cm³/mol. The Balaban J connectivity index is 2.93. The smallest absolute Gasteiger partial charge is 0.0464 e. The highest BCUT2D eigenvalue weighted by Crippen LogP contribution is 2.39. The van der Waals surface area contributed by atoms with E-state index in [1.807, 2.05) is 0 Å². The molecule has 126 valence electrons. The number of hydrogen-bond acceptors (Lipinski definition) is 0. The van der Waals surface area contributed by atoms with E-state index in [4.69, 9.17) is 0 Å². The third-order valence-electron chi connectivity index (χ3n) is 4.03. The van der Waals surface area contributed by atoms with Crippen molar-refractivity contribution in [3.8, 4) is 0 Å². The van der Waals surface area contributed by atoms with E-state index in [9.17, 15) is 0 Å². The molecule has 0 nitrogen and oxygen atoms in total. The van der Waals surface area contributed by atoms with Gasteiger partial charge in [0, 0.05) is 16.1 Å². The van der Waals surface area contributed by atoms with Crippen molar-refractivity contribution in [2.24, 2.45) is 0 Å². The maximum atomic E-state index is 3.77. The van der Waals surface area contributed by atoms with Crippen LogP contribution in [0.1, 0.15) is 76.3 Å². The van der Waals surface area contributed by atoms with Gasteiger partial charge in [-0.1, -0.05) is 52.4 Å². The van der Waals surface area contributed by atoms with Crippen molar-refractivity contribution >= 4 is 77.0 Å². The summed E-state index contributed by atoms with van der Waals surface area (Å²) >= 11 is 12.6. The summed E-state index contributed by atoms with van der Waals surface area (Å²) in [5.74, 6) is 0. The number of halogens is 4. The average Bonchev–Trinajstić information content (AvgIpc) is 2.52. The Hall–Kier alpha value is 1.64. The summed E-state index contributed by atoms with van der Waals surface area (Å²) in [6.07, 6.45) is 13.1. The average molecular weight is 656 g/mol. The molecule has 0 spiro atoms. The molecule has 0 atom stereocenters. The lowest BCUT2D eigenvalue weighted by Crippen LogP contribution is -2.04. The fourth-order valence-electron chi connectivity index (χ4n) is 2.70. The molecule has 0 fully saturated rings. The van der Waals surface area contributed by atoms with Crippen molar-refractivity contribution in [3.63, 3.8) is 0 Å². The number of unbranched alkanes of at least 4 members (excludes halogenated alkanes) is 6. The number of hydrogen-bond donors (Lipinski definition) is 0. The van der Waals surface area contributed by atoms with Crippen LogP contribution < -0.4 is 0 Å². The van der Waals surface area contributed by atoms with Gasteiger partial charge < -0.3 is 0 Å². The minimum atomic E-state index is 1.23. The summed E-state index contributed by atoms with van der Waals surface area (Å²) in [6.45, 7) is 4.56. The normalized spacial score (nSPS) is 11.2. The van der Waals surface area contributed by atoms with Crippen LogP contribution in [0.25, 0.3) is 0 Å². The maximum absolute atomic E-state index is 3.77. The Morgan fingerprint density at radius 1 is 0.636 bits per heavy atom. The minimum absolute atomic E-state index is 1.23. The first-order chi connectivity index (χ1) is 10.5. The van der Waals surface area contributed by atoms with Crippen molar-refractivity contribution in [1.29, 1.82) is 0 Å². The minimum Gasteiger partial charge on any atom is -0.0654 e. The molecule has 0 bridgehead atoms. The highest BCUT2D eigenvalue weighted by atomic mass is 127. The Bertz CT molecular complexity index is 430. The Kier molecular flexibility index (Phi) is 11.9. The van der Waals surface area contributed by atoms with Gasteiger partial charge in [0.15, 0.2) is 0 Å². The van der Waals surface area contributed by atoms with Crippen LogP contribution in [-0.2, 0) is 12.8 Å². The van der Waals surface area contributed by atoms with E-state index >= 15 is 0 Å². The van der Waals surface area contributed by atoms with Gasteiger partial charge in [-0.15, -0.1) is 0 Å². The van der Waals surface area contributed by atoms with Gasteiger partial charge in [0.2, 0.25) is 0 Å².